The average molecular weight is 235 g/mol. The molecule has 16 heavy (non-hydrogen) atoms. The van der Waals surface area contributed by atoms with Crippen LogP contribution in [-0.4, -0.2) is 6.54 Å². The van der Waals surface area contributed by atoms with Crippen LogP contribution in [-0.2, 0) is 0 Å². The Morgan fingerprint density at radius 1 is 1.31 bits per heavy atom. The Morgan fingerprint density at radius 2 is 2.19 bits per heavy atom. The Hall–Kier alpha value is -1.55. The van der Waals surface area contributed by atoms with Crippen LogP contribution in [0.2, 0.25) is 0 Å². The third-order valence-electron chi connectivity index (χ3n) is 2.60. The predicted octanol–water partition coefficient (Wildman–Crippen LogP) is 3.43. The number of nitrogens with one attached hydrogen (secondary N) is 1. The molecule has 1 unspecified atom stereocenters. The number of thiophene rings is 1. The summed E-state index contributed by atoms with van der Waals surface area (Å²) in [6.45, 7) is 0.606. The minimum absolute atomic E-state index is 0.215. The van der Waals surface area contributed by atoms with Crippen LogP contribution in [0.15, 0.2) is 35.7 Å². The van der Waals surface area contributed by atoms with Gasteiger partial charge in [0, 0.05) is 5.56 Å². The van der Waals surface area contributed by atoms with E-state index in [1.807, 2.05) is 17.5 Å². The summed E-state index contributed by atoms with van der Waals surface area (Å²) in [7, 11) is 0. The fourth-order valence-electron chi connectivity index (χ4n) is 1.81. The predicted molar refractivity (Wildman–Crippen MR) is 62.6 cm³/mol. The molecule has 1 aromatic heterocycles. The van der Waals surface area contributed by atoms with Gasteiger partial charge >= 0.3 is 0 Å². The van der Waals surface area contributed by atoms with Crippen LogP contribution in [0.5, 0.6) is 5.75 Å². The molecule has 0 bridgehead atoms. The number of benzene rings is 1. The molecular formula is C12H10FNOS. The van der Waals surface area contributed by atoms with Gasteiger partial charge in [0.15, 0.2) is 5.75 Å². The number of rotatable bonds is 1. The molecule has 0 spiro atoms. The lowest BCUT2D eigenvalue weighted by atomic mass is 10.1. The van der Waals surface area contributed by atoms with Gasteiger partial charge in [-0.1, -0.05) is 18.2 Å². The summed E-state index contributed by atoms with van der Waals surface area (Å²) in [6, 6.07) is 8.64. The largest absolute Gasteiger partial charge is 0.481 e. The molecule has 1 N–H and O–H groups in total. The van der Waals surface area contributed by atoms with Gasteiger partial charge in [-0.3, -0.25) is 0 Å². The minimum Gasteiger partial charge on any atom is -0.481 e. The van der Waals surface area contributed by atoms with E-state index in [0.717, 1.165) is 10.8 Å². The SMILES string of the molecule is Fc1ccccc1C1CNc2sccc2O1. The summed E-state index contributed by atoms with van der Waals surface area (Å²) in [6.07, 6.45) is -0.247. The molecule has 1 atom stereocenters. The number of hydrogen-bond donors (Lipinski definition) is 1. The normalized spacial score (nSPS) is 18.4. The molecule has 0 fully saturated rings. The second-order valence-electron chi connectivity index (χ2n) is 3.62. The maximum Gasteiger partial charge on any atom is 0.154 e. The molecule has 0 aliphatic carbocycles. The van der Waals surface area contributed by atoms with Gasteiger partial charge in [0.25, 0.3) is 0 Å². The zero-order valence-corrected chi connectivity index (χ0v) is 9.26. The maximum absolute atomic E-state index is 13.6. The lowest BCUT2D eigenvalue weighted by Gasteiger charge is -2.25. The van der Waals surface area contributed by atoms with E-state index in [1.165, 1.54) is 6.07 Å². The molecule has 1 aromatic carbocycles. The molecule has 1 aliphatic heterocycles. The molecule has 0 radical (unpaired) electrons. The molecule has 0 saturated heterocycles. The Morgan fingerprint density at radius 3 is 3.06 bits per heavy atom. The highest BCUT2D eigenvalue weighted by Gasteiger charge is 2.23. The van der Waals surface area contributed by atoms with Crippen molar-refractivity contribution < 1.29 is 9.13 Å². The monoisotopic (exact) mass is 235 g/mol. The van der Waals surface area contributed by atoms with Crippen molar-refractivity contribution in [2.75, 3.05) is 11.9 Å². The van der Waals surface area contributed by atoms with Crippen molar-refractivity contribution in [3.8, 4) is 5.75 Å². The fraction of sp³-hybridized carbons (Fsp3) is 0.167. The number of fused-ring (bicyclic) bond motifs is 1. The van der Waals surface area contributed by atoms with E-state index in [4.69, 9.17) is 4.74 Å². The average Bonchev–Trinajstić information content (AvgIpc) is 2.76. The Kier molecular flexibility index (Phi) is 2.29. The molecule has 1 aliphatic rings. The van der Waals surface area contributed by atoms with Crippen molar-refractivity contribution in [1.29, 1.82) is 0 Å². The molecule has 4 heteroatoms. The Balaban J connectivity index is 1.92. The quantitative estimate of drug-likeness (QED) is 0.817. The highest BCUT2D eigenvalue weighted by atomic mass is 32.1. The number of anilines is 1. The summed E-state index contributed by atoms with van der Waals surface area (Å²) in [5.41, 5.74) is 0.604. The highest BCUT2D eigenvalue weighted by Crippen LogP contribution is 2.38. The van der Waals surface area contributed by atoms with Gasteiger partial charge in [-0.05, 0) is 17.5 Å². The second-order valence-corrected chi connectivity index (χ2v) is 4.54. The van der Waals surface area contributed by atoms with E-state index in [2.05, 4.69) is 5.32 Å². The maximum atomic E-state index is 13.6. The molecule has 82 valence electrons. The molecule has 2 aromatic rings. The zero-order valence-electron chi connectivity index (χ0n) is 8.44. The smallest absolute Gasteiger partial charge is 0.154 e. The first kappa shape index (κ1) is 9.66. The van der Waals surface area contributed by atoms with E-state index < -0.39 is 0 Å². The van der Waals surface area contributed by atoms with Gasteiger partial charge in [-0.25, -0.2) is 4.39 Å². The lowest BCUT2D eigenvalue weighted by Crippen LogP contribution is -2.23. The van der Waals surface area contributed by atoms with Crippen LogP contribution in [0.4, 0.5) is 9.39 Å². The van der Waals surface area contributed by atoms with E-state index in [1.54, 1.807) is 23.5 Å². The van der Waals surface area contributed by atoms with Crippen LogP contribution >= 0.6 is 11.3 Å². The summed E-state index contributed by atoms with van der Waals surface area (Å²) >= 11 is 1.60. The van der Waals surface area contributed by atoms with Crippen molar-refractivity contribution in [2.45, 2.75) is 6.10 Å². The Labute approximate surface area is 96.7 Å². The van der Waals surface area contributed by atoms with E-state index >= 15 is 0 Å². The van der Waals surface area contributed by atoms with E-state index in [0.29, 0.717) is 12.1 Å². The summed E-state index contributed by atoms with van der Waals surface area (Å²) in [5.74, 6) is 0.595. The summed E-state index contributed by atoms with van der Waals surface area (Å²) in [5, 5.41) is 6.23. The number of ether oxygens (including phenoxy) is 1. The molecular weight excluding hydrogens is 225 g/mol. The third kappa shape index (κ3) is 1.55. The Bertz CT molecular complexity index is 511. The van der Waals surface area contributed by atoms with Crippen molar-refractivity contribution in [3.05, 3.63) is 47.1 Å². The van der Waals surface area contributed by atoms with Gasteiger partial charge in [-0.15, -0.1) is 11.3 Å². The highest BCUT2D eigenvalue weighted by molar-refractivity contribution is 7.14. The molecule has 0 saturated carbocycles. The molecule has 0 amide bonds. The zero-order chi connectivity index (χ0) is 11.0. The van der Waals surface area contributed by atoms with Crippen LogP contribution in [0.1, 0.15) is 11.7 Å². The standard InChI is InChI=1S/C12H10FNOS/c13-9-4-2-1-3-8(9)11-7-14-12-10(15-11)5-6-16-12/h1-6,11,14H,7H2. The lowest BCUT2D eigenvalue weighted by molar-refractivity contribution is 0.207. The first-order valence-electron chi connectivity index (χ1n) is 5.07. The van der Waals surface area contributed by atoms with Gasteiger partial charge in [0.2, 0.25) is 0 Å². The van der Waals surface area contributed by atoms with Crippen LogP contribution in [0.3, 0.4) is 0 Å². The number of halogens is 1. The molecule has 3 rings (SSSR count). The molecule has 2 heterocycles. The van der Waals surface area contributed by atoms with Crippen molar-refractivity contribution in [3.63, 3.8) is 0 Å². The van der Waals surface area contributed by atoms with Gasteiger partial charge in [0.1, 0.15) is 16.9 Å². The number of hydrogen-bond acceptors (Lipinski definition) is 3. The summed E-state index contributed by atoms with van der Waals surface area (Å²) < 4.78 is 19.3. The fourth-order valence-corrected chi connectivity index (χ4v) is 2.54. The van der Waals surface area contributed by atoms with Gasteiger partial charge < -0.3 is 10.1 Å². The molecule has 2 nitrogen and oxygen atoms in total. The van der Waals surface area contributed by atoms with Gasteiger partial charge in [-0.2, -0.15) is 0 Å². The van der Waals surface area contributed by atoms with Crippen LogP contribution < -0.4 is 10.1 Å². The topological polar surface area (TPSA) is 21.3 Å². The van der Waals surface area contributed by atoms with Gasteiger partial charge in [0.05, 0.1) is 6.54 Å². The second kappa shape index (κ2) is 3.79. The van der Waals surface area contributed by atoms with Crippen molar-refractivity contribution in [2.24, 2.45) is 0 Å². The summed E-state index contributed by atoms with van der Waals surface area (Å²) in [4.78, 5) is 0. The first-order chi connectivity index (χ1) is 7.84. The van der Waals surface area contributed by atoms with Crippen molar-refractivity contribution in [1.82, 2.24) is 0 Å². The first-order valence-corrected chi connectivity index (χ1v) is 5.95. The van der Waals surface area contributed by atoms with Crippen LogP contribution in [0.25, 0.3) is 0 Å². The van der Waals surface area contributed by atoms with Crippen molar-refractivity contribution >= 4 is 16.3 Å². The third-order valence-corrected chi connectivity index (χ3v) is 3.45. The minimum atomic E-state index is -0.247. The van der Waals surface area contributed by atoms with Crippen LogP contribution in [0, 0.1) is 5.82 Å². The van der Waals surface area contributed by atoms with E-state index in [9.17, 15) is 4.39 Å². The van der Waals surface area contributed by atoms with E-state index in [-0.39, 0.29) is 11.9 Å².